The van der Waals surface area contributed by atoms with Gasteiger partial charge < -0.3 is 20.4 Å². The molecule has 3 N–H and O–H groups in total. The van der Waals surface area contributed by atoms with E-state index in [2.05, 4.69) is 10.3 Å². The van der Waals surface area contributed by atoms with Crippen LogP contribution in [0, 0.1) is 0 Å². The number of carbonyl (C=O) groups excluding carboxylic acids is 2. The number of esters is 1. The topological polar surface area (TPSA) is 99.2 Å². The summed E-state index contributed by atoms with van der Waals surface area (Å²) in [6.45, 7) is 4.48. The highest BCUT2D eigenvalue weighted by Gasteiger charge is 2.27. The lowest BCUT2D eigenvalue weighted by Crippen LogP contribution is -2.37. The Morgan fingerprint density at radius 3 is 2.85 bits per heavy atom. The second-order valence-electron chi connectivity index (χ2n) is 4.70. The largest absolute Gasteiger partial charge is 0.461 e. The molecular weight excluding hydrogens is 260 g/mol. The Bertz CT molecular complexity index is 514. The number of nitrogens with zero attached hydrogens (tertiary/aromatic N) is 2. The molecule has 7 nitrogen and oxygen atoms in total. The van der Waals surface area contributed by atoms with Gasteiger partial charge in [0, 0.05) is 19.4 Å². The number of nitrogens with two attached hydrogens (primary N) is 1. The number of aromatic nitrogens is 2. The molecule has 2 heterocycles. The number of nitrogen functional groups attached to an aromatic ring is 1. The molecule has 1 aromatic rings. The first kappa shape index (κ1) is 14.4. The summed E-state index contributed by atoms with van der Waals surface area (Å²) in [5.41, 5.74) is 6.23. The molecule has 0 bridgehead atoms. The molecule has 20 heavy (non-hydrogen) atoms. The summed E-state index contributed by atoms with van der Waals surface area (Å²) in [5.74, 6) is 0.607. The van der Waals surface area contributed by atoms with Gasteiger partial charge in [0.15, 0.2) is 5.69 Å². The second kappa shape index (κ2) is 5.94. The molecule has 1 amide bonds. The number of hydrogen-bond acceptors (Lipinski definition) is 5. The zero-order valence-corrected chi connectivity index (χ0v) is 11.8. The normalized spacial score (nSPS) is 18.7. The van der Waals surface area contributed by atoms with Crippen molar-refractivity contribution in [2.45, 2.75) is 39.2 Å². The van der Waals surface area contributed by atoms with Crippen LogP contribution >= 0.6 is 0 Å². The minimum absolute atomic E-state index is 0.0401. The van der Waals surface area contributed by atoms with E-state index in [-0.39, 0.29) is 24.2 Å². The molecule has 1 aliphatic heterocycles. The van der Waals surface area contributed by atoms with E-state index in [1.54, 1.807) is 6.92 Å². The van der Waals surface area contributed by atoms with Crippen LogP contribution in [0.1, 0.15) is 49.0 Å². The number of aryl methyl sites for hydroxylation is 1. The van der Waals surface area contributed by atoms with E-state index < -0.39 is 5.97 Å². The molecular formula is C13H20N4O3. The Morgan fingerprint density at radius 2 is 2.30 bits per heavy atom. The Morgan fingerprint density at radius 1 is 1.55 bits per heavy atom. The van der Waals surface area contributed by atoms with Gasteiger partial charge >= 0.3 is 5.97 Å². The van der Waals surface area contributed by atoms with Crippen molar-refractivity contribution in [1.82, 2.24) is 14.9 Å². The van der Waals surface area contributed by atoms with Gasteiger partial charge in [-0.25, -0.2) is 9.78 Å². The number of ether oxygens (including phenoxy) is 1. The van der Waals surface area contributed by atoms with Crippen molar-refractivity contribution in [3.63, 3.8) is 0 Å². The Balaban J connectivity index is 2.32. The fourth-order valence-corrected chi connectivity index (χ4v) is 2.44. The van der Waals surface area contributed by atoms with Gasteiger partial charge in [-0.15, -0.1) is 0 Å². The standard InChI is InChI=1S/C13H20N4O3/c1-3-9-16-11(13(19)20-4-2)12(14)17(9)8-5-6-10(18)15-7-8/h8H,3-7,14H2,1-2H3,(H,15,18). The quantitative estimate of drug-likeness (QED) is 0.789. The highest BCUT2D eigenvalue weighted by molar-refractivity contribution is 5.92. The van der Waals surface area contributed by atoms with E-state index in [1.807, 2.05) is 11.5 Å². The van der Waals surface area contributed by atoms with E-state index >= 15 is 0 Å². The molecule has 0 radical (unpaired) electrons. The number of anilines is 1. The van der Waals surface area contributed by atoms with Crippen molar-refractivity contribution in [1.29, 1.82) is 0 Å². The number of hydrogen-bond donors (Lipinski definition) is 2. The third kappa shape index (κ3) is 2.61. The van der Waals surface area contributed by atoms with Crippen molar-refractivity contribution in [2.75, 3.05) is 18.9 Å². The van der Waals surface area contributed by atoms with Crippen molar-refractivity contribution in [3.8, 4) is 0 Å². The van der Waals surface area contributed by atoms with Gasteiger partial charge in [0.05, 0.1) is 12.6 Å². The third-order valence-corrected chi connectivity index (χ3v) is 3.41. The Labute approximate surface area is 117 Å². The summed E-state index contributed by atoms with van der Waals surface area (Å²) in [6.07, 6.45) is 1.82. The van der Waals surface area contributed by atoms with Gasteiger partial charge in [-0.05, 0) is 13.3 Å². The first-order valence-corrected chi connectivity index (χ1v) is 6.88. The van der Waals surface area contributed by atoms with E-state index in [0.717, 1.165) is 5.82 Å². The fourth-order valence-electron chi connectivity index (χ4n) is 2.44. The van der Waals surface area contributed by atoms with Crippen molar-refractivity contribution in [2.24, 2.45) is 0 Å². The van der Waals surface area contributed by atoms with Gasteiger partial charge in [0.1, 0.15) is 11.6 Å². The van der Waals surface area contributed by atoms with Crippen molar-refractivity contribution in [3.05, 3.63) is 11.5 Å². The van der Waals surface area contributed by atoms with Crippen LogP contribution in [0.4, 0.5) is 5.82 Å². The molecule has 7 heteroatoms. The average Bonchev–Trinajstić information content (AvgIpc) is 2.77. The van der Waals surface area contributed by atoms with Crippen molar-refractivity contribution < 1.29 is 14.3 Å². The molecule has 0 aromatic carbocycles. The summed E-state index contributed by atoms with van der Waals surface area (Å²) < 4.78 is 6.81. The van der Waals surface area contributed by atoms with E-state index in [4.69, 9.17) is 10.5 Å². The van der Waals surface area contributed by atoms with Crippen molar-refractivity contribution >= 4 is 17.7 Å². The van der Waals surface area contributed by atoms with Crippen LogP contribution in [0.15, 0.2) is 0 Å². The monoisotopic (exact) mass is 280 g/mol. The molecule has 110 valence electrons. The van der Waals surface area contributed by atoms with Crippen LogP contribution in [0.5, 0.6) is 0 Å². The van der Waals surface area contributed by atoms with Crippen LogP contribution < -0.4 is 11.1 Å². The lowest BCUT2D eigenvalue weighted by Gasteiger charge is -2.26. The lowest BCUT2D eigenvalue weighted by molar-refractivity contribution is -0.122. The molecule has 2 rings (SSSR count). The SMILES string of the molecule is CCOC(=O)c1nc(CC)n(C2CCC(=O)NC2)c1N. The summed E-state index contributed by atoms with van der Waals surface area (Å²) >= 11 is 0. The van der Waals surface area contributed by atoms with Gasteiger partial charge in [-0.3, -0.25) is 4.79 Å². The van der Waals surface area contributed by atoms with Crippen LogP contribution in [-0.4, -0.2) is 34.6 Å². The number of rotatable bonds is 4. The fraction of sp³-hybridized carbons (Fsp3) is 0.615. The van der Waals surface area contributed by atoms with E-state index in [0.29, 0.717) is 31.6 Å². The molecule has 0 saturated carbocycles. The Hall–Kier alpha value is -2.05. The van der Waals surface area contributed by atoms with Crippen LogP contribution in [0.3, 0.4) is 0 Å². The number of carbonyl (C=O) groups is 2. The number of piperidine rings is 1. The van der Waals surface area contributed by atoms with Gasteiger partial charge in [-0.1, -0.05) is 6.92 Å². The van der Waals surface area contributed by atoms with Crippen LogP contribution in [-0.2, 0) is 16.0 Å². The summed E-state index contributed by atoms with van der Waals surface area (Å²) in [5, 5.41) is 2.81. The zero-order chi connectivity index (χ0) is 14.7. The predicted molar refractivity (Wildman–Crippen MR) is 73.3 cm³/mol. The highest BCUT2D eigenvalue weighted by atomic mass is 16.5. The minimum atomic E-state index is -0.502. The molecule has 0 aliphatic carbocycles. The zero-order valence-electron chi connectivity index (χ0n) is 11.8. The molecule has 1 aromatic heterocycles. The molecule has 1 aliphatic rings. The smallest absolute Gasteiger partial charge is 0.360 e. The maximum Gasteiger partial charge on any atom is 0.360 e. The molecule has 1 unspecified atom stereocenters. The van der Waals surface area contributed by atoms with Gasteiger partial charge in [-0.2, -0.15) is 0 Å². The summed E-state index contributed by atoms with van der Waals surface area (Å²) in [7, 11) is 0. The molecule has 1 saturated heterocycles. The number of nitrogens with one attached hydrogen (secondary N) is 1. The molecule has 0 spiro atoms. The maximum atomic E-state index is 11.8. The van der Waals surface area contributed by atoms with E-state index in [9.17, 15) is 9.59 Å². The number of imidazole rings is 1. The third-order valence-electron chi connectivity index (χ3n) is 3.41. The first-order chi connectivity index (χ1) is 9.58. The summed E-state index contributed by atoms with van der Waals surface area (Å²) in [4.78, 5) is 27.4. The highest BCUT2D eigenvalue weighted by Crippen LogP contribution is 2.26. The predicted octanol–water partition coefficient (Wildman–Crippen LogP) is 0.655. The first-order valence-electron chi connectivity index (χ1n) is 6.88. The average molecular weight is 280 g/mol. The number of amides is 1. The van der Waals surface area contributed by atoms with Gasteiger partial charge in [0.25, 0.3) is 0 Å². The summed E-state index contributed by atoms with van der Waals surface area (Å²) in [6, 6.07) is 0.0401. The maximum absolute atomic E-state index is 11.8. The Kier molecular flexibility index (Phi) is 4.26. The minimum Gasteiger partial charge on any atom is -0.461 e. The lowest BCUT2D eigenvalue weighted by atomic mass is 10.1. The van der Waals surface area contributed by atoms with E-state index in [1.165, 1.54) is 0 Å². The van der Waals surface area contributed by atoms with Gasteiger partial charge in [0.2, 0.25) is 5.91 Å². The second-order valence-corrected chi connectivity index (χ2v) is 4.70. The van der Waals surface area contributed by atoms with Crippen LogP contribution in [0.2, 0.25) is 0 Å². The molecule has 1 atom stereocenters. The van der Waals surface area contributed by atoms with Crippen LogP contribution in [0.25, 0.3) is 0 Å². The molecule has 1 fully saturated rings.